The minimum atomic E-state index is -1.78. The largest absolute Gasteiger partial charge is 0.497 e. The second-order valence-corrected chi connectivity index (χ2v) is 5.00. The molecule has 20 heavy (non-hydrogen) atoms. The fraction of sp³-hybridized carbons (Fsp3) is 0.467. The van der Waals surface area contributed by atoms with Crippen LogP contribution in [0.15, 0.2) is 24.3 Å². The maximum Gasteiger partial charge on any atom is 0.338 e. The van der Waals surface area contributed by atoms with Crippen LogP contribution < -0.4 is 4.74 Å². The molecule has 0 radical (unpaired) electrons. The molecular weight excluding hydrogens is 260 g/mol. The standard InChI is InChI=1S/C15H18O5/c1-19-12-6-3-10(4-7-12)13-8-5-11(16)9-15(13,18)14(17)20-2/h3-4,6-7,13,18H,5,8-9H2,1-2H3/t13-,15-/m0/s1. The summed E-state index contributed by atoms with van der Waals surface area (Å²) in [6.45, 7) is 0. The van der Waals surface area contributed by atoms with Gasteiger partial charge in [-0.2, -0.15) is 0 Å². The van der Waals surface area contributed by atoms with E-state index in [4.69, 9.17) is 4.74 Å². The highest BCUT2D eigenvalue weighted by atomic mass is 16.5. The number of hydrogen-bond acceptors (Lipinski definition) is 5. The van der Waals surface area contributed by atoms with Crippen LogP contribution in [0.25, 0.3) is 0 Å². The van der Waals surface area contributed by atoms with Crippen LogP contribution in [0.1, 0.15) is 30.7 Å². The molecule has 0 unspecified atom stereocenters. The molecule has 0 spiro atoms. The molecule has 1 fully saturated rings. The first-order chi connectivity index (χ1) is 9.51. The molecule has 0 bridgehead atoms. The van der Waals surface area contributed by atoms with E-state index in [1.165, 1.54) is 7.11 Å². The van der Waals surface area contributed by atoms with Gasteiger partial charge in [0.1, 0.15) is 11.5 Å². The van der Waals surface area contributed by atoms with Gasteiger partial charge in [-0.1, -0.05) is 12.1 Å². The zero-order valence-corrected chi connectivity index (χ0v) is 11.6. The minimum Gasteiger partial charge on any atom is -0.497 e. The number of Topliss-reactive ketones (excluding diaryl/α,β-unsaturated/α-hetero) is 1. The van der Waals surface area contributed by atoms with Gasteiger partial charge in [-0.15, -0.1) is 0 Å². The van der Waals surface area contributed by atoms with Crippen molar-refractivity contribution in [2.45, 2.75) is 30.8 Å². The molecular formula is C15H18O5. The topological polar surface area (TPSA) is 72.8 Å². The summed E-state index contributed by atoms with van der Waals surface area (Å²) in [5, 5.41) is 10.6. The SMILES string of the molecule is COC(=O)[C@]1(O)CC(=O)CC[C@H]1c1ccc(OC)cc1. The van der Waals surface area contributed by atoms with Crippen LogP contribution >= 0.6 is 0 Å². The Hall–Kier alpha value is -1.88. The van der Waals surface area contributed by atoms with Crippen molar-refractivity contribution in [2.75, 3.05) is 14.2 Å². The molecule has 1 aromatic rings. The van der Waals surface area contributed by atoms with Gasteiger partial charge in [0, 0.05) is 18.8 Å². The van der Waals surface area contributed by atoms with E-state index in [2.05, 4.69) is 4.74 Å². The number of hydrogen-bond donors (Lipinski definition) is 1. The van der Waals surface area contributed by atoms with E-state index in [0.29, 0.717) is 18.6 Å². The Labute approximate surface area is 117 Å². The fourth-order valence-corrected chi connectivity index (χ4v) is 2.73. The van der Waals surface area contributed by atoms with E-state index >= 15 is 0 Å². The average molecular weight is 278 g/mol. The van der Waals surface area contributed by atoms with Crippen molar-refractivity contribution in [1.29, 1.82) is 0 Å². The van der Waals surface area contributed by atoms with E-state index < -0.39 is 17.5 Å². The van der Waals surface area contributed by atoms with Gasteiger partial charge < -0.3 is 14.6 Å². The molecule has 0 aliphatic heterocycles. The summed E-state index contributed by atoms with van der Waals surface area (Å²) < 4.78 is 9.76. The first kappa shape index (κ1) is 14.5. The van der Waals surface area contributed by atoms with Gasteiger partial charge in [0.25, 0.3) is 0 Å². The van der Waals surface area contributed by atoms with E-state index in [0.717, 1.165) is 5.56 Å². The van der Waals surface area contributed by atoms with Crippen molar-refractivity contribution >= 4 is 11.8 Å². The zero-order valence-electron chi connectivity index (χ0n) is 11.6. The van der Waals surface area contributed by atoms with Crippen molar-refractivity contribution in [1.82, 2.24) is 0 Å². The van der Waals surface area contributed by atoms with E-state index in [9.17, 15) is 14.7 Å². The lowest BCUT2D eigenvalue weighted by molar-refractivity contribution is -0.170. The third kappa shape index (κ3) is 2.54. The number of aliphatic hydroxyl groups is 1. The Morgan fingerprint density at radius 3 is 2.50 bits per heavy atom. The normalized spacial score (nSPS) is 26.1. The summed E-state index contributed by atoms with van der Waals surface area (Å²) in [4.78, 5) is 23.5. The highest BCUT2D eigenvalue weighted by Gasteiger charge is 2.49. The molecule has 0 aromatic heterocycles. The Kier molecular flexibility index (Phi) is 4.09. The molecule has 2 atom stereocenters. The number of benzene rings is 1. The maximum absolute atomic E-state index is 11.9. The summed E-state index contributed by atoms with van der Waals surface area (Å²) in [6.07, 6.45) is 0.586. The minimum absolute atomic E-state index is 0.123. The molecule has 1 saturated carbocycles. The fourth-order valence-electron chi connectivity index (χ4n) is 2.73. The molecule has 0 saturated heterocycles. The Bertz CT molecular complexity index is 508. The quantitative estimate of drug-likeness (QED) is 0.847. The molecule has 1 aromatic carbocycles. The van der Waals surface area contributed by atoms with Crippen molar-refractivity contribution in [3.8, 4) is 5.75 Å². The Morgan fingerprint density at radius 2 is 1.95 bits per heavy atom. The summed E-state index contributed by atoms with van der Waals surface area (Å²) in [6, 6.07) is 7.13. The van der Waals surface area contributed by atoms with Gasteiger partial charge >= 0.3 is 5.97 Å². The second kappa shape index (κ2) is 5.63. The van der Waals surface area contributed by atoms with E-state index in [-0.39, 0.29) is 12.2 Å². The third-order valence-corrected chi connectivity index (χ3v) is 3.81. The van der Waals surface area contributed by atoms with E-state index in [1.807, 2.05) is 0 Å². The molecule has 0 amide bonds. The van der Waals surface area contributed by atoms with Crippen molar-refractivity contribution in [3.63, 3.8) is 0 Å². The molecule has 108 valence electrons. The number of rotatable bonds is 3. The number of carbonyl (C=O) groups excluding carboxylic acids is 2. The average Bonchev–Trinajstić information content (AvgIpc) is 2.46. The first-order valence-electron chi connectivity index (χ1n) is 6.47. The lowest BCUT2D eigenvalue weighted by Crippen LogP contribution is -2.49. The van der Waals surface area contributed by atoms with Gasteiger partial charge in [0.15, 0.2) is 5.60 Å². The van der Waals surface area contributed by atoms with Crippen LogP contribution in [0.5, 0.6) is 5.75 Å². The van der Waals surface area contributed by atoms with Gasteiger partial charge in [0.05, 0.1) is 14.2 Å². The van der Waals surface area contributed by atoms with Crippen LogP contribution in [-0.2, 0) is 14.3 Å². The summed E-state index contributed by atoms with van der Waals surface area (Å²) in [5.41, 5.74) is -0.982. The number of esters is 1. The molecule has 2 rings (SSSR count). The van der Waals surface area contributed by atoms with Crippen LogP contribution in [0.3, 0.4) is 0 Å². The van der Waals surface area contributed by atoms with Crippen LogP contribution in [-0.4, -0.2) is 36.7 Å². The second-order valence-electron chi connectivity index (χ2n) is 5.00. The van der Waals surface area contributed by atoms with Crippen LogP contribution in [0, 0.1) is 0 Å². The molecule has 0 heterocycles. The predicted octanol–water partition coefficient (Wildman–Crippen LogP) is 1.44. The summed E-state index contributed by atoms with van der Waals surface area (Å²) in [7, 11) is 2.78. The van der Waals surface area contributed by atoms with Crippen molar-refractivity contribution < 1.29 is 24.2 Å². The number of ketones is 1. The highest BCUT2D eigenvalue weighted by molar-refractivity contribution is 5.91. The predicted molar refractivity (Wildman–Crippen MR) is 71.6 cm³/mol. The Balaban J connectivity index is 2.35. The lowest BCUT2D eigenvalue weighted by Gasteiger charge is -2.37. The summed E-state index contributed by atoms with van der Waals surface area (Å²) in [5.74, 6) is -0.630. The zero-order chi connectivity index (χ0) is 14.8. The lowest BCUT2D eigenvalue weighted by atomic mass is 9.71. The van der Waals surface area contributed by atoms with Crippen LogP contribution in [0.4, 0.5) is 0 Å². The van der Waals surface area contributed by atoms with Gasteiger partial charge in [-0.25, -0.2) is 4.79 Å². The van der Waals surface area contributed by atoms with Crippen LogP contribution in [0.2, 0.25) is 0 Å². The molecule has 1 N–H and O–H groups in total. The molecule has 1 aliphatic carbocycles. The monoisotopic (exact) mass is 278 g/mol. The Morgan fingerprint density at radius 1 is 1.30 bits per heavy atom. The van der Waals surface area contributed by atoms with Gasteiger partial charge in [-0.3, -0.25) is 4.79 Å². The number of methoxy groups -OCH3 is 2. The molecule has 5 heteroatoms. The molecule has 1 aliphatic rings. The smallest absolute Gasteiger partial charge is 0.338 e. The molecule has 5 nitrogen and oxygen atoms in total. The number of carbonyl (C=O) groups is 2. The maximum atomic E-state index is 11.9. The number of ether oxygens (including phenoxy) is 2. The van der Waals surface area contributed by atoms with Crippen molar-refractivity contribution in [2.24, 2.45) is 0 Å². The third-order valence-electron chi connectivity index (χ3n) is 3.81. The van der Waals surface area contributed by atoms with Gasteiger partial charge in [-0.05, 0) is 24.1 Å². The van der Waals surface area contributed by atoms with Gasteiger partial charge in [0.2, 0.25) is 0 Å². The first-order valence-corrected chi connectivity index (χ1v) is 6.47. The van der Waals surface area contributed by atoms with E-state index in [1.54, 1.807) is 31.4 Å². The summed E-state index contributed by atoms with van der Waals surface area (Å²) >= 11 is 0. The van der Waals surface area contributed by atoms with Crippen molar-refractivity contribution in [3.05, 3.63) is 29.8 Å². The highest BCUT2D eigenvalue weighted by Crippen LogP contribution is 2.40.